The van der Waals surface area contributed by atoms with E-state index in [-0.39, 0.29) is 12.5 Å². The van der Waals surface area contributed by atoms with Crippen LogP contribution in [0.4, 0.5) is 0 Å². The molecule has 0 atom stereocenters. The van der Waals surface area contributed by atoms with E-state index in [9.17, 15) is 9.59 Å². The maximum Gasteiger partial charge on any atom is 0.241 e. The molecule has 0 rings (SSSR count). The van der Waals surface area contributed by atoms with Crippen molar-refractivity contribution in [3.63, 3.8) is 0 Å². The van der Waals surface area contributed by atoms with E-state index >= 15 is 0 Å². The van der Waals surface area contributed by atoms with E-state index in [1.807, 2.05) is 19.1 Å². The molecule has 0 aliphatic heterocycles. The summed E-state index contributed by atoms with van der Waals surface area (Å²) in [5, 5.41) is 2.35. The van der Waals surface area contributed by atoms with E-state index in [1.165, 1.54) is 0 Å². The summed E-state index contributed by atoms with van der Waals surface area (Å²) in [4.78, 5) is 23.2. The van der Waals surface area contributed by atoms with Crippen molar-refractivity contribution in [2.45, 2.75) is 13.3 Å². The lowest BCUT2D eigenvalue weighted by Crippen LogP contribution is -2.36. The smallest absolute Gasteiger partial charge is 0.241 e. The maximum absolute atomic E-state index is 11.5. The van der Waals surface area contributed by atoms with Crippen LogP contribution in [0.25, 0.3) is 0 Å². The van der Waals surface area contributed by atoms with Gasteiger partial charge >= 0.3 is 0 Å². The molecule has 0 aliphatic rings. The minimum atomic E-state index is -0.119. The van der Waals surface area contributed by atoms with E-state index in [1.54, 1.807) is 18.0 Å². The fourth-order valence-corrected chi connectivity index (χ4v) is 1.27. The standard InChI is InChI=1S/C13H20N2O2/c1-4-6-8-12(7-5-2)10-15(3)13(17)9-14-11-16/h4,6-8,11H,1,5,9-10H2,2-3H3,(H,14,16)/b8-6-,12-7+. The molecule has 0 aromatic rings. The molecule has 94 valence electrons. The van der Waals surface area contributed by atoms with E-state index in [2.05, 4.69) is 18.0 Å². The fraction of sp³-hybridized carbons (Fsp3) is 0.385. The molecule has 0 heterocycles. The SMILES string of the molecule is C=C/C=C\C(=C/CC)CN(C)C(=O)CNC=O. The second kappa shape index (κ2) is 9.39. The summed E-state index contributed by atoms with van der Waals surface area (Å²) < 4.78 is 0. The molecule has 0 aromatic carbocycles. The Morgan fingerprint density at radius 1 is 1.47 bits per heavy atom. The Labute approximate surface area is 103 Å². The van der Waals surface area contributed by atoms with Gasteiger partial charge in [-0.1, -0.05) is 37.8 Å². The minimum absolute atomic E-state index is 0.0323. The topological polar surface area (TPSA) is 49.4 Å². The third-order valence-electron chi connectivity index (χ3n) is 2.09. The highest BCUT2D eigenvalue weighted by Crippen LogP contribution is 2.02. The normalized spacial score (nSPS) is 11.3. The zero-order valence-corrected chi connectivity index (χ0v) is 10.5. The van der Waals surface area contributed by atoms with Crippen LogP contribution in [0, 0.1) is 0 Å². The van der Waals surface area contributed by atoms with Gasteiger partial charge in [-0.15, -0.1) is 0 Å². The third-order valence-corrected chi connectivity index (χ3v) is 2.09. The molecular weight excluding hydrogens is 216 g/mol. The zero-order valence-electron chi connectivity index (χ0n) is 10.5. The quantitative estimate of drug-likeness (QED) is 0.509. The summed E-state index contributed by atoms with van der Waals surface area (Å²) in [6, 6.07) is 0. The van der Waals surface area contributed by atoms with Gasteiger partial charge in [-0.05, 0) is 12.0 Å². The third kappa shape index (κ3) is 7.11. The lowest BCUT2D eigenvalue weighted by atomic mass is 10.2. The van der Waals surface area contributed by atoms with Crippen LogP contribution < -0.4 is 5.32 Å². The highest BCUT2D eigenvalue weighted by molar-refractivity contribution is 5.80. The van der Waals surface area contributed by atoms with E-state index in [0.29, 0.717) is 13.0 Å². The van der Waals surface area contributed by atoms with Gasteiger partial charge in [0.05, 0.1) is 6.54 Å². The largest absolute Gasteiger partial charge is 0.350 e. The number of carbonyl (C=O) groups excluding carboxylic acids is 2. The van der Waals surface area contributed by atoms with Crippen LogP contribution in [0.1, 0.15) is 13.3 Å². The first kappa shape index (κ1) is 15.2. The van der Waals surface area contributed by atoms with Crippen molar-refractivity contribution in [1.82, 2.24) is 10.2 Å². The first-order valence-corrected chi connectivity index (χ1v) is 5.54. The summed E-state index contributed by atoms with van der Waals surface area (Å²) in [5.41, 5.74) is 1.05. The van der Waals surface area contributed by atoms with Gasteiger partial charge in [-0.25, -0.2) is 0 Å². The Morgan fingerprint density at radius 2 is 2.18 bits per heavy atom. The molecular formula is C13H20N2O2. The number of nitrogens with zero attached hydrogens (tertiary/aromatic N) is 1. The highest BCUT2D eigenvalue weighted by Gasteiger charge is 2.08. The van der Waals surface area contributed by atoms with Crippen LogP contribution in [0.2, 0.25) is 0 Å². The number of carbonyl (C=O) groups is 2. The molecule has 0 bridgehead atoms. The molecule has 0 saturated heterocycles. The van der Waals surface area contributed by atoms with Gasteiger partial charge in [0.1, 0.15) is 0 Å². The molecule has 2 amide bonds. The fourth-order valence-electron chi connectivity index (χ4n) is 1.27. The van der Waals surface area contributed by atoms with Crippen LogP contribution in [-0.2, 0) is 9.59 Å². The average molecular weight is 236 g/mol. The van der Waals surface area contributed by atoms with E-state index in [4.69, 9.17) is 0 Å². The Morgan fingerprint density at radius 3 is 2.71 bits per heavy atom. The number of nitrogens with one attached hydrogen (secondary N) is 1. The highest BCUT2D eigenvalue weighted by atomic mass is 16.2. The first-order chi connectivity index (χ1) is 8.15. The van der Waals surface area contributed by atoms with Gasteiger partial charge < -0.3 is 10.2 Å². The Hall–Kier alpha value is -1.84. The number of rotatable bonds is 8. The lowest BCUT2D eigenvalue weighted by molar-refractivity contribution is -0.129. The molecule has 4 nitrogen and oxygen atoms in total. The van der Waals surface area contributed by atoms with Crippen molar-refractivity contribution >= 4 is 12.3 Å². The van der Waals surface area contributed by atoms with Crippen LogP contribution in [0.3, 0.4) is 0 Å². The zero-order chi connectivity index (χ0) is 13.1. The molecule has 0 spiro atoms. The molecule has 0 fully saturated rings. The van der Waals surface area contributed by atoms with Gasteiger partial charge in [0.25, 0.3) is 0 Å². The van der Waals surface area contributed by atoms with Crippen LogP contribution in [-0.4, -0.2) is 37.4 Å². The predicted octanol–water partition coefficient (Wildman–Crippen LogP) is 1.27. The molecule has 17 heavy (non-hydrogen) atoms. The van der Waals surface area contributed by atoms with Crippen molar-refractivity contribution < 1.29 is 9.59 Å². The molecule has 0 aromatic heterocycles. The van der Waals surface area contributed by atoms with Crippen LogP contribution in [0.15, 0.2) is 36.5 Å². The summed E-state index contributed by atoms with van der Waals surface area (Å²) in [6.45, 7) is 6.20. The Balaban J connectivity index is 4.39. The van der Waals surface area contributed by atoms with Gasteiger partial charge in [0.2, 0.25) is 12.3 Å². The molecule has 0 radical (unpaired) electrons. The van der Waals surface area contributed by atoms with Gasteiger partial charge in [-0.2, -0.15) is 0 Å². The second-order valence-corrected chi connectivity index (χ2v) is 3.53. The molecule has 0 aliphatic carbocycles. The Kier molecular flexibility index (Phi) is 8.37. The van der Waals surface area contributed by atoms with Crippen LogP contribution in [0.5, 0.6) is 0 Å². The molecule has 4 heteroatoms. The maximum atomic E-state index is 11.5. The van der Waals surface area contributed by atoms with Crippen molar-refractivity contribution in [3.05, 3.63) is 36.5 Å². The van der Waals surface area contributed by atoms with Crippen molar-refractivity contribution in [2.75, 3.05) is 20.1 Å². The second-order valence-electron chi connectivity index (χ2n) is 3.53. The van der Waals surface area contributed by atoms with Crippen LogP contribution >= 0.6 is 0 Å². The molecule has 0 unspecified atom stereocenters. The van der Waals surface area contributed by atoms with Crippen molar-refractivity contribution in [1.29, 1.82) is 0 Å². The lowest BCUT2D eigenvalue weighted by Gasteiger charge is -2.17. The van der Waals surface area contributed by atoms with Gasteiger partial charge in [-0.3, -0.25) is 9.59 Å². The number of likely N-dealkylation sites (N-methyl/N-ethyl adjacent to an activating group) is 1. The van der Waals surface area contributed by atoms with E-state index < -0.39 is 0 Å². The number of allylic oxidation sites excluding steroid dienone is 3. The molecule has 0 saturated carbocycles. The Bertz CT molecular complexity index is 319. The predicted molar refractivity (Wildman–Crippen MR) is 69.4 cm³/mol. The summed E-state index contributed by atoms with van der Waals surface area (Å²) >= 11 is 0. The van der Waals surface area contributed by atoms with Crippen molar-refractivity contribution in [2.24, 2.45) is 0 Å². The van der Waals surface area contributed by atoms with Gasteiger partial charge in [0, 0.05) is 13.6 Å². The number of hydrogen-bond acceptors (Lipinski definition) is 2. The summed E-state index contributed by atoms with van der Waals surface area (Å²) in [7, 11) is 1.71. The van der Waals surface area contributed by atoms with E-state index in [0.717, 1.165) is 12.0 Å². The van der Waals surface area contributed by atoms with Gasteiger partial charge in [0.15, 0.2) is 0 Å². The summed E-state index contributed by atoms with van der Waals surface area (Å²) in [6.07, 6.45) is 8.94. The average Bonchev–Trinajstić information content (AvgIpc) is 2.33. The number of amides is 2. The first-order valence-electron chi connectivity index (χ1n) is 5.54. The summed E-state index contributed by atoms with van der Waals surface area (Å²) in [5.74, 6) is -0.119. The number of hydrogen-bond donors (Lipinski definition) is 1. The minimum Gasteiger partial charge on any atom is -0.350 e. The monoisotopic (exact) mass is 236 g/mol. The molecule has 1 N–H and O–H groups in total. The van der Waals surface area contributed by atoms with Crippen molar-refractivity contribution in [3.8, 4) is 0 Å².